The van der Waals surface area contributed by atoms with Crippen LogP contribution in [0.25, 0.3) is 0 Å². The van der Waals surface area contributed by atoms with Crippen LogP contribution >= 0.6 is 0 Å². The van der Waals surface area contributed by atoms with Crippen LogP contribution in [0.3, 0.4) is 0 Å². The lowest BCUT2D eigenvalue weighted by atomic mass is 10.2. The van der Waals surface area contributed by atoms with Crippen LogP contribution in [0.5, 0.6) is 11.6 Å². The number of aryl methyl sites for hydroxylation is 1. The third kappa shape index (κ3) is 2.71. The van der Waals surface area contributed by atoms with Crippen LogP contribution in [-0.2, 0) is 0 Å². The zero-order valence-corrected chi connectivity index (χ0v) is 12.1. The van der Waals surface area contributed by atoms with Crippen LogP contribution in [0, 0.1) is 19.7 Å². The molecule has 0 bridgehead atoms. The molecule has 20 heavy (non-hydrogen) atoms. The molecule has 0 spiro atoms. The maximum atomic E-state index is 14.0. The quantitative estimate of drug-likeness (QED) is 0.927. The molecule has 0 amide bonds. The summed E-state index contributed by atoms with van der Waals surface area (Å²) < 4.78 is 19.6. The average molecular weight is 275 g/mol. The van der Waals surface area contributed by atoms with Gasteiger partial charge in [-0.15, -0.1) is 0 Å². The SMILES string of the molecule is Cc1cccc(Oc2nc(C(C)C)nc(N)c2C)c1F. The Morgan fingerprint density at radius 2 is 1.90 bits per heavy atom. The number of hydrogen-bond donors (Lipinski definition) is 1. The number of nitrogen functional groups attached to an aromatic ring is 1. The highest BCUT2D eigenvalue weighted by Crippen LogP contribution is 2.29. The van der Waals surface area contributed by atoms with E-state index in [0.29, 0.717) is 28.6 Å². The Morgan fingerprint density at radius 3 is 2.55 bits per heavy atom. The van der Waals surface area contributed by atoms with Crippen LogP contribution in [0.2, 0.25) is 0 Å². The fraction of sp³-hybridized carbons (Fsp3) is 0.333. The summed E-state index contributed by atoms with van der Waals surface area (Å²) in [6.07, 6.45) is 0. The fourth-order valence-electron chi connectivity index (χ4n) is 1.69. The van der Waals surface area contributed by atoms with E-state index >= 15 is 0 Å². The van der Waals surface area contributed by atoms with Crippen molar-refractivity contribution in [3.63, 3.8) is 0 Å². The van der Waals surface area contributed by atoms with E-state index in [-0.39, 0.29) is 11.7 Å². The molecule has 0 saturated carbocycles. The Balaban J connectivity index is 2.45. The first-order valence-corrected chi connectivity index (χ1v) is 6.47. The summed E-state index contributed by atoms with van der Waals surface area (Å²) in [4.78, 5) is 8.53. The molecule has 1 aromatic carbocycles. The molecule has 1 heterocycles. The van der Waals surface area contributed by atoms with E-state index < -0.39 is 5.82 Å². The Labute approximate surface area is 117 Å². The number of nitrogens with two attached hydrogens (primary N) is 1. The Morgan fingerprint density at radius 1 is 1.20 bits per heavy atom. The summed E-state index contributed by atoms with van der Waals surface area (Å²) in [7, 11) is 0. The summed E-state index contributed by atoms with van der Waals surface area (Å²) in [6.45, 7) is 7.35. The van der Waals surface area contributed by atoms with Gasteiger partial charge in [0, 0.05) is 5.92 Å². The number of ether oxygens (including phenoxy) is 1. The van der Waals surface area contributed by atoms with E-state index in [1.165, 1.54) is 0 Å². The molecule has 0 aliphatic heterocycles. The van der Waals surface area contributed by atoms with Crippen molar-refractivity contribution >= 4 is 5.82 Å². The van der Waals surface area contributed by atoms with Gasteiger partial charge in [0.05, 0.1) is 5.56 Å². The molecule has 0 aliphatic carbocycles. The summed E-state index contributed by atoms with van der Waals surface area (Å²) >= 11 is 0. The van der Waals surface area contributed by atoms with Crippen LogP contribution in [0.15, 0.2) is 18.2 Å². The number of benzene rings is 1. The normalized spacial score (nSPS) is 10.9. The van der Waals surface area contributed by atoms with Crippen molar-refractivity contribution in [1.82, 2.24) is 9.97 Å². The largest absolute Gasteiger partial charge is 0.435 e. The van der Waals surface area contributed by atoms with Gasteiger partial charge in [-0.3, -0.25) is 0 Å². The highest BCUT2D eigenvalue weighted by atomic mass is 19.1. The monoisotopic (exact) mass is 275 g/mol. The van der Waals surface area contributed by atoms with Gasteiger partial charge < -0.3 is 10.5 Å². The van der Waals surface area contributed by atoms with Crippen LogP contribution in [0.4, 0.5) is 10.2 Å². The van der Waals surface area contributed by atoms with Gasteiger partial charge in [-0.2, -0.15) is 4.98 Å². The molecule has 0 unspecified atom stereocenters. The Bertz CT molecular complexity index is 641. The van der Waals surface area contributed by atoms with E-state index in [2.05, 4.69) is 9.97 Å². The number of halogens is 1. The lowest BCUT2D eigenvalue weighted by Crippen LogP contribution is -2.06. The van der Waals surface area contributed by atoms with Crippen molar-refractivity contribution in [2.45, 2.75) is 33.6 Å². The van der Waals surface area contributed by atoms with Crippen molar-refractivity contribution in [1.29, 1.82) is 0 Å². The molecule has 1 aromatic heterocycles. The van der Waals surface area contributed by atoms with E-state index in [9.17, 15) is 4.39 Å². The molecule has 2 rings (SSSR count). The van der Waals surface area contributed by atoms with Gasteiger partial charge >= 0.3 is 0 Å². The smallest absolute Gasteiger partial charge is 0.227 e. The molecule has 0 fully saturated rings. The second-order valence-corrected chi connectivity index (χ2v) is 5.04. The average Bonchev–Trinajstić information content (AvgIpc) is 2.39. The van der Waals surface area contributed by atoms with Gasteiger partial charge in [-0.25, -0.2) is 9.37 Å². The number of nitrogens with zero attached hydrogens (tertiary/aromatic N) is 2. The van der Waals surface area contributed by atoms with E-state index in [1.54, 1.807) is 32.0 Å². The van der Waals surface area contributed by atoms with E-state index in [4.69, 9.17) is 10.5 Å². The van der Waals surface area contributed by atoms with Gasteiger partial charge in [0.15, 0.2) is 11.6 Å². The molecule has 0 atom stereocenters. The molecule has 5 heteroatoms. The van der Waals surface area contributed by atoms with Gasteiger partial charge in [-0.1, -0.05) is 26.0 Å². The molecule has 0 aliphatic rings. The standard InChI is InChI=1S/C15H18FN3O/c1-8(2)14-18-13(17)10(4)15(19-14)20-11-7-5-6-9(3)12(11)16/h5-8H,1-4H3,(H2,17,18,19). The summed E-state index contributed by atoms with van der Waals surface area (Å²) in [5.74, 6) is 1.09. The van der Waals surface area contributed by atoms with Crippen molar-refractivity contribution < 1.29 is 9.13 Å². The Hall–Kier alpha value is -2.17. The zero-order valence-electron chi connectivity index (χ0n) is 12.1. The van der Waals surface area contributed by atoms with E-state index in [0.717, 1.165) is 0 Å². The number of anilines is 1. The van der Waals surface area contributed by atoms with Crippen LogP contribution < -0.4 is 10.5 Å². The van der Waals surface area contributed by atoms with Crippen LogP contribution in [-0.4, -0.2) is 9.97 Å². The number of aromatic nitrogens is 2. The minimum absolute atomic E-state index is 0.114. The minimum atomic E-state index is -0.393. The number of hydrogen-bond acceptors (Lipinski definition) is 4. The minimum Gasteiger partial charge on any atom is -0.435 e. The zero-order chi connectivity index (χ0) is 14.9. The molecule has 2 N–H and O–H groups in total. The second-order valence-electron chi connectivity index (χ2n) is 5.04. The molecule has 0 radical (unpaired) electrons. The Kier molecular flexibility index (Phi) is 3.88. The molecule has 0 saturated heterocycles. The first-order valence-electron chi connectivity index (χ1n) is 6.47. The number of rotatable bonds is 3. The van der Waals surface area contributed by atoms with Crippen LogP contribution in [0.1, 0.15) is 36.7 Å². The van der Waals surface area contributed by atoms with Crippen molar-refractivity contribution in [3.8, 4) is 11.6 Å². The lowest BCUT2D eigenvalue weighted by Gasteiger charge is -2.13. The molecular weight excluding hydrogens is 257 g/mol. The van der Waals surface area contributed by atoms with Gasteiger partial charge in [0.1, 0.15) is 11.6 Å². The predicted octanol–water partition coefficient (Wildman–Crippen LogP) is 3.73. The highest BCUT2D eigenvalue weighted by Gasteiger charge is 2.15. The van der Waals surface area contributed by atoms with Crippen molar-refractivity contribution in [2.24, 2.45) is 0 Å². The fourth-order valence-corrected chi connectivity index (χ4v) is 1.69. The first-order chi connectivity index (χ1) is 9.40. The third-order valence-electron chi connectivity index (χ3n) is 3.04. The summed E-state index contributed by atoms with van der Waals surface area (Å²) in [6, 6.07) is 4.98. The van der Waals surface area contributed by atoms with Crippen molar-refractivity contribution in [2.75, 3.05) is 5.73 Å². The first kappa shape index (κ1) is 14.2. The highest BCUT2D eigenvalue weighted by molar-refractivity contribution is 5.46. The summed E-state index contributed by atoms with van der Waals surface area (Å²) in [5, 5.41) is 0. The molecule has 106 valence electrons. The third-order valence-corrected chi connectivity index (χ3v) is 3.04. The van der Waals surface area contributed by atoms with Gasteiger partial charge in [0.2, 0.25) is 5.88 Å². The van der Waals surface area contributed by atoms with Crippen molar-refractivity contribution in [3.05, 3.63) is 41.0 Å². The maximum Gasteiger partial charge on any atom is 0.227 e. The molecule has 2 aromatic rings. The second kappa shape index (κ2) is 5.45. The predicted molar refractivity (Wildman–Crippen MR) is 76.5 cm³/mol. The summed E-state index contributed by atoms with van der Waals surface area (Å²) in [5.41, 5.74) is 6.98. The van der Waals surface area contributed by atoms with E-state index in [1.807, 2.05) is 13.8 Å². The lowest BCUT2D eigenvalue weighted by molar-refractivity contribution is 0.419. The maximum absolute atomic E-state index is 14.0. The van der Waals surface area contributed by atoms with Gasteiger partial charge in [0.25, 0.3) is 0 Å². The van der Waals surface area contributed by atoms with Gasteiger partial charge in [-0.05, 0) is 25.5 Å². The topological polar surface area (TPSA) is 61.0 Å². The molecular formula is C15H18FN3O. The molecule has 4 nitrogen and oxygen atoms in total.